The van der Waals surface area contributed by atoms with Crippen molar-refractivity contribution in [2.45, 2.75) is 20.4 Å². The summed E-state index contributed by atoms with van der Waals surface area (Å²) in [4.78, 5) is 0. The van der Waals surface area contributed by atoms with Crippen LogP contribution in [0.5, 0.6) is 0 Å². The number of para-hydroxylation sites is 2. The van der Waals surface area contributed by atoms with Gasteiger partial charge in [0.25, 0.3) is 0 Å². The van der Waals surface area contributed by atoms with Crippen LogP contribution in [0.25, 0.3) is 21.8 Å². The van der Waals surface area contributed by atoms with Crippen LogP contribution in [-0.2, 0) is 6.54 Å². The van der Waals surface area contributed by atoms with Gasteiger partial charge in [0.15, 0.2) is 0 Å². The molecule has 0 spiro atoms. The number of hydrogen-bond acceptors (Lipinski definition) is 0. The highest BCUT2D eigenvalue weighted by Gasteiger charge is 2.16. The SMILES string of the molecule is CC(C)C(CBr)Cn1c2ccccc2c2ccccc21. The number of fused-ring (bicyclic) bond motifs is 3. The Balaban J connectivity index is 2.21. The first-order chi connectivity index (χ1) is 9.72. The predicted octanol–water partition coefficient (Wildman–Crippen LogP) is 5.46. The van der Waals surface area contributed by atoms with Gasteiger partial charge in [0.05, 0.1) is 0 Å². The van der Waals surface area contributed by atoms with E-state index in [4.69, 9.17) is 0 Å². The second-order valence-electron chi connectivity index (χ2n) is 5.80. The Hall–Kier alpha value is -1.28. The molecule has 20 heavy (non-hydrogen) atoms. The second kappa shape index (κ2) is 5.61. The van der Waals surface area contributed by atoms with E-state index in [-0.39, 0.29) is 0 Å². The second-order valence-corrected chi connectivity index (χ2v) is 6.45. The number of aromatic nitrogens is 1. The molecular formula is C18H20BrN. The third kappa shape index (κ3) is 2.26. The van der Waals surface area contributed by atoms with Crippen molar-refractivity contribution in [3.8, 4) is 0 Å². The molecule has 0 aliphatic heterocycles. The maximum Gasteiger partial charge on any atom is 0.0491 e. The third-order valence-corrected chi connectivity index (χ3v) is 5.07. The van der Waals surface area contributed by atoms with Crippen LogP contribution in [-0.4, -0.2) is 9.90 Å². The predicted molar refractivity (Wildman–Crippen MR) is 91.6 cm³/mol. The topological polar surface area (TPSA) is 4.93 Å². The van der Waals surface area contributed by atoms with Gasteiger partial charge in [-0.25, -0.2) is 0 Å². The summed E-state index contributed by atoms with van der Waals surface area (Å²) < 4.78 is 2.48. The molecule has 0 amide bonds. The Kier molecular flexibility index (Phi) is 3.84. The summed E-state index contributed by atoms with van der Waals surface area (Å²) in [7, 11) is 0. The fraction of sp³-hybridized carbons (Fsp3) is 0.333. The van der Waals surface area contributed by atoms with E-state index in [1.807, 2.05) is 0 Å². The lowest BCUT2D eigenvalue weighted by atomic mass is 9.98. The minimum absolute atomic E-state index is 0.647. The monoisotopic (exact) mass is 329 g/mol. The van der Waals surface area contributed by atoms with Gasteiger partial charge in [-0.1, -0.05) is 66.2 Å². The molecule has 2 aromatic carbocycles. The van der Waals surface area contributed by atoms with Crippen molar-refractivity contribution in [1.29, 1.82) is 0 Å². The van der Waals surface area contributed by atoms with E-state index >= 15 is 0 Å². The Bertz CT molecular complexity index is 673. The van der Waals surface area contributed by atoms with Gasteiger partial charge in [0.1, 0.15) is 0 Å². The fourth-order valence-electron chi connectivity index (χ4n) is 2.87. The number of alkyl halides is 1. The van der Waals surface area contributed by atoms with E-state index in [1.165, 1.54) is 21.8 Å². The van der Waals surface area contributed by atoms with Gasteiger partial charge in [-0.05, 0) is 24.0 Å². The fourth-order valence-corrected chi connectivity index (χ4v) is 3.82. The molecule has 1 heterocycles. The average molecular weight is 330 g/mol. The molecule has 1 atom stereocenters. The molecule has 0 saturated carbocycles. The molecule has 1 nitrogen and oxygen atoms in total. The van der Waals surface area contributed by atoms with E-state index in [0.29, 0.717) is 11.8 Å². The van der Waals surface area contributed by atoms with Gasteiger partial charge in [-0.15, -0.1) is 0 Å². The highest BCUT2D eigenvalue weighted by molar-refractivity contribution is 9.09. The highest BCUT2D eigenvalue weighted by atomic mass is 79.9. The lowest BCUT2D eigenvalue weighted by molar-refractivity contribution is 0.382. The summed E-state index contributed by atoms with van der Waals surface area (Å²) in [6.07, 6.45) is 0. The van der Waals surface area contributed by atoms with Crippen LogP contribution >= 0.6 is 15.9 Å². The maximum absolute atomic E-state index is 3.68. The van der Waals surface area contributed by atoms with Crippen LogP contribution in [0.1, 0.15) is 13.8 Å². The molecule has 1 aromatic heterocycles. The smallest absolute Gasteiger partial charge is 0.0491 e. The minimum atomic E-state index is 0.647. The Morgan fingerprint density at radius 3 is 1.85 bits per heavy atom. The van der Waals surface area contributed by atoms with E-state index in [0.717, 1.165) is 11.9 Å². The first-order valence-electron chi connectivity index (χ1n) is 7.24. The Morgan fingerprint density at radius 1 is 0.900 bits per heavy atom. The molecule has 0 saturated heterocycles. The van der Waals surface area contributed by atoms with Gasteiger partial charge in [-0.2, -0.15) is 0 Å². The standard InChI is InChI=1S/C18H20BrN/c1-13(2)14(11-19)12-20-17-9-5-3-7-15(17)16-8-4-6-10-18(16)20/h3-10,13-14H,11-12H2,1-2H3. The van der Waals surface area contributed by atoms with Crippen LogP contribution in [0.15, 0.2) is 48.5 Å². The van der Waals surface area contributed by atoms with Crippen molar-refractivity contribution in [3.63, 3.8) is 0 Å². The number of halogens is 1. The normalized spacial score (nSPS) is 13.4. The number of nitrogens with zero attached hydrogens (tertiary/aromatic N) is 1. The molecule has 0 aliphatic carbocycles. The van der Waals surface area contributed by atoms with Gasteiger partial charge < -0.3 is 4.57 Å². The molecule has 1 unspecified atom stereocenters. The molecular weight excluding hydrogens is 310 g/mol. The van der Waals surface area contributed by atoms with E-state index in [2.05, 4.69) is 82.9 Å². The average Bonchev–Trinajstić information content (AvgIpc) is 2.79. The van der Waals surface area contributed by atoms with Crippen LogP contribution in [0, 0.1) is 11.8 Å². The van der Waals surface area contributed by atoms with Crippen LogP contribution in [0.2, 0.25) is 0 Å². The van der Waals surface area contributed by atoms with Gasteiger partial charge in [0, 0.05) is 33.7 Å². The van der Waals surface area contributed by atoms with E-state index in [9.17, 15) is 0 Å². The maximum atomic E-state index is 3.68. The van der Waals surface area contributed by atoms with E-state index < -0.39 is 0 Å². The molecule has 2 heteroatoms. The molecule has 0 fully saturated rings. The van der Waals surface area contributed by atoms with Crippen molar-refractivity contribution >= 4 is 37.7 Å². The number of hydrogen-bond donors (Lipinski definition) is 0. The minimum Gasteiger partial charge on any atom is -0.340 e. The first-order valence-corrected chi connectivity index (χ1v) is 8.36. The highest BCUT2D eigenvalue weighted by Crippen LogP contribution is 2.30. The van der Waals surface area contributed by atoms with Crippen molar-refractivity contribution in [3.05, 3.63) is 48.5 Å². The van der Waals surface area contributed by atoms with Crippen molar-refractivity contribution < 1.29 is 0 Å². The lowest BCUT2D eigenvalue weighted by Crippen LogP contribution is -2.17. The molecule has 3 aromatic rings. The zero-order chi connectivity index (χ0) is 14.1. The van der Waals surface area contributed by atoms with Gasteiger partial charge in [-0.3, -0.25) is 0 Å². The first kappa shape index (κ1) is 13.7. The summed E-state index contributed by atoms with van der Waals surface area (Å²) in [6.45, 7) is 5.68. The quantitative estimate of drug-likeness (QED) is 0.560. The largest absolute Gasteiger partial charge is 0.340 e. The summed E-state index contributed by atoms with van der Waals surface area (Å²) in [5, 5.41) is 3.77. The summed E-state index contributed by atoms with van der Waals surface area (Å²) >= 11 is 3.68. The molecule has 0 bridgehead atoms. The lowest BCUT2D eigenvalue weighted by Gasteiger charge is -2.20. The van der Waals surface area contributed by atoms with Crippen molar-refractivity contribution in [1.82, 2.24) is 4.57 Å². The zero-order valence-electron chi connectivity index (χ0n) is 12.0. The molecule has 0 radical (unpaired) electrons. The van der Waals surface area contributed by atoms with Crippen molar-refractivity contribution in [2.75, 3.05) is 5.33 Å². The van der Waals surface area contributed by atoms with Gasteiger partial charge in [0.2, 0.25) is 0 Å². The third-order valence-electron chi connectivity index (χ3n) is 4.24. The zero-order valence-corrected chi connectivity index (χ0v) is 13.6. The summed E-state index contributed by atoms with van der Waals surface area (Å²) in [6, 6.07) is 17.5. The summed E-state index contributed by atoms with van der Waals surface area (Å²) in [5.41, 5.74) is 2.70. The summed E-state index contributed by atoms with van der Waals surface area (Å²) in [5.74, 6) is 1.32. The number of rotatable bonds is 4. The molecule has 0 N–H and O–H groups in total. The van der Waals surface area contributed by atoms with Crippen LogP contribution < -0.4 is 0 Å². The van der Waals surface area contributed by atoms with Gasteiger partial charge >= 0.3 is 0 Å². The Labute approximate surface area is 128 Å². The van der Waals surface area contributed by atoms with E-state index in [1.54, 1.807) is 0 Å². The Morgan fingerprint density at radius 2 is 1.40 bits per heavy atom. The van der Waals surface area contributed by atoms with Crippen LogP contribution in [0.3, 0.4) is 0 Å². The van der Waals surface area contributed by atoms with Crippen LogP contribution in [0.4, 0.5) is 0 Å². The number of benzene rings is 2. The molecule has 0 aliphatic rings. The molecule has 3 rings (SSSR count). The molecule has 104 valence electrons. The van der Waals surface area contributed by atoms with Crippen molar-refractivity contribution in [2.24, 2.45) is 11.8 Å².